The normalized spacial score (nSPS) is 9.37. The lowest BCUT2D eigenvalue weighted by Gasteiger charge is -2.09. The van der Waals surface area contributed by atoms with Gasteiger partial charge in [-0.25, -0.2) is 0 Å². The molecule has 0 fully saturated rings. The first kappa shape index (κ1) is 14.9. The van der Waals surface area contributed by atoms with Crippen LogP contribution in [0, 0.1) is 6.92 Å². The van der Waals surface area contributed by atoms with E-state index in [-0.39, 0.29) is 12.5 Å². The van der Waals surface area contributed by atoms with Crippen molar-refractivity contribution in [3.63, 3.8) is 0 Å². The van der Waals surface area contributed by atoms with E-state index in [2.05, 4.69) is 21.5 Å². The molecule has 0 radical (unpaired) electrons. The molecule has 0 aromatic heterocycles. The third-order valence-corrected chi connectivity index (χ3v) is 2.54. The van der Waals surface area contributed by atoms with Gasteiger partial charge in [0.05, 0.1) is 6.54 Å². The number of nitrogens with one attached hydrogen (secondary N) is 4. The van der Waals surface area contributed by atoms with Gasteiger partial charge in [0.15, 0.2) is 5.11 Å². The SMILES string of the molecule is CNC(=S)NNC(=O)CNC(=O)c1cccc(C)c1. The summed E-state index contributed by atoms with van der Waals surface area (Å²) in [4.78, 5) is 23.1. The van der Waals surface area contributed by atoms with Crippen LogP contribution in [0.3, 0.4) is 0 Å². The summed E-state index contributed by atoms with van der Waals surface area (Å²) in [7, 11) is 1.63. The first-order valence-electron chi connectivity index (χ1n) is 5.64. The lowest BCUT2D eigenvalue weighted by Crippen LogP contribution is -2.49. The van der Waals surface area contributed by atoms with Crippen molar-refractivity contribution < 1.29 is 9.59 Å². The molecule has 2 amide bonds. The van der Waals surface area contributed by atoms with Crippen molar-refractivity contribution in [3.05, 3.63) is 35.4 Å². The standard InChI is InChI=1S/C12H16N4O2S/c1-8-4-3-5-9(6-8)11(18)14-7-10(17)15-16-12(19)13-2/h3-6H,7H2,1-2H3,(H,14,18)(H,15,17)(H2,13,16,19). The zero-order chi connectivity index (χ0) is 14.3. The predicted octanol–water partition coefficient (Wildman–Crippen LogP) is -0.150. The number of aryl methyl sites for hydroxylation is 1. The van der Waals surface area contributed by atoms with E-state index in [1.165, 1.54) is 0 Å². The Morgan fingerprint density at radius 3 is 2.63 bits per heavy atom. The van der Waals surface area contributed by atoms with Gasteiger partial charge in [-0.1, -0.05) is 17.7 Å². The van der Waals surface area contributed by atoms with Gasteiger partial charge in [0.2, 0.25) is 0 Å². The fourth-order valence-corrected chi connectivity index (χ4v) is 1.33. The Bertz CT molecular complexity index is 490. The topological polar surface area (TPSA) is 82.3 Å². The van der Waals surface area contributed by atoms with E-state index in [9.17, 15) is 9.59 Å². The fourth-order valence-electron chi connectivity index (χ4n) is 1.28. The summed E-state index contributed by atoms with van der Waals surface area (Å²) in [6.45, 7) is 1.76. The molecule has 0 saturated carbocycles. The molecule has 1 aromatic rings. The van der Waals surface area contributed by atoms with Crippen molar-refractivity contribution in [1.29, 1.82) is 0 Å². The second kappa shape index (κ2) is 7.32. The van der Waals surface area contributed by atoms with Crippen molar-refractivity contribution in [3.8, 4) is 0 Å². The number of amides is 2. The van der Waals surface area contributed by atoms with E-state index >= 15 is 0 Å². The highest BCUT2D eigenvalue weighted by Gasteiger charge is 2.07. The molecule has 0 atom stereocenters. The fraction of sp³-hybridized carbons (Fsp3) is 0.250. The summed E-state index contributed by atoms with van der Waals surface area (Å²) in [5.74, 6) is -0.686. The predicted molar refractivity (Wildman–Crippen MR) is 76.4 cm³/mol. The average molecular weight is 280 g/mol. The lowest BCUT2D eigenvalue weighted by atomic mass is 10.1. The molecular weight excluding hydrogens is 264 g/mol. The number of hydrazine groups is 1. The second-order valence-electron chi connectivity index (χ2n) is 3.80. The molecular formula is C12H16N4O2S. The molecule has 0 heterocycles. The third-order valence-electron chi connectivity index (χ3n) is 2.23. The minimum absolute atomic E-state index is 0.133. The first-order valence-corrected chi connectivity index (χ1v) is 6.05. The molecule has 0 aliphatic carbocycles. The Labute approximate surface area is 116 Å². The van der Waals surface area contributed by atoms with E-state index in [4.69, 9.17) is 12.2 Å². The maximum absolute atomic E-state index is 11.7. The monoisotopic (exact) mass is 280 g/mol. The molecule has 0 unspecified atom stereocenters. The summed E-state index contributed by atoms with van der Waals surface area (Å²) in [5.41, 5.74) is 6.32. The highest BCUT2D eigenvalue weighted by Crippen LogP contribution is 2.03. The molecule has 6 nitrogen and oxygen atoms in total. The van der Waals surface area contributed by atoms with Gasteiger partial charge in [0.1, 0.15) is 0 Å². The summed E-state index contributed by atoms with van der Waals surface area (Å²) in [6.07, 6.45) is 0. The molecule has 0 saturated heterocycles. The van der Waals surface area contributed by atoms with E-state index in [0.717, 1.165) is 5.56 Å². The van der Waals surface area contributed by atoms with E-state index in [1.807, 2.05) is 13.0 Å². The number of carbonyl (C=O) groups is 2. The molecule has 4 N–H and O–H groups in total. The molecule has 102 valence electrons. The summed E-state index contributed by atoms with van der Waals surface area (Å²) < 4.78 is 0. The van der Waals surface area contributed by atoms with Crippen molar-refractivity contribution >= 4 is 29.1 Å². The number of thiocarbonyl (C=S) groups is 1. The van der Waals surface area contributed by atoms with Crippen molar-refractivity contribution in [2.75, 3.05) is 13.6 Å². The van der Waals surface area contributed by atoms with Crippen LogP contribution in [-0.2, 0) is 4.79 Å². The van der Waals surface area contributed by atoms with Crippen molar-refractivity contribution in [2.45, 2.75) is 6.92 Å². The Hall–Kier alpha value is -2.15. The van der Waals surface area contributed by atoms with Gasteiger partial charge in [-0.05, 0) is 31.3 Å². The molecule has 0 aliphatic rings. The molecule has 7 heteroatoms. The summed E-state index contributed by atoms with van der Waals surface area (Å²) >= 11 is 4.78. The van der Waals surface area contributed by atoms with Gasteiger partial charge < -0.3 is 10.6 Å². The van der Waals surface area contributed by atoms with E-state index in [1.54, 1.807) is 25.2 Å². The van der Waals surface area contributed by atoms with Crippen LogP contribution in [0.15, 0.2) is 24.3 Å². The Kier molecular flexibility index (Phi) is 5.74. The summed E-state index contributed by atoms with van der Waals surface area (Å²) in [6, 6.07) is 7.12. The van der Waals surface area contributed by atoms with Crippen LogP contribution in [-0.4, -0.2) is 30.5 Å². The highest BCUT2D eigenvalue weighted by molar-refractivity contribution is 7.80. The van der Waals surface area contributed by atoms with Gasteiger partial charge in [-0.3, -0.25) is 20.4 Å². The largest absolute Gasteiger partial charge is 0.364 e. The Morgan fingerprint density at radius 1 is 1.26 bits per heavy atom. The zero-order valence-electron chi connectivity index (χ0n) is 10.7. The molecule has 19 heavy (non-hydrogen) atoms. The summed E-state index contributed by atoms with van der Waals surface area (Å²) in [5, 5.41) is 5.44. The molecule has 0 spiro atoms. The van der Waals surface area contributed by atoms with E-state index < -0.39 is 5.91 Å². The number of hydrogen-bond acceptors (Lipinski definition) is 3. The highest BCUT2D eigenvalue weighted by atomic mass is 32.1. The van der Waals surface area contributed by atoms with Gasteiger partial charge in [-0.15, -0.1) is 0 Å². The van der Waals surface area contributed by atoms with Gasteiger partial charge in [-0.2, -0.15) is 0 Å². The molecule has 0 aliphatic heterocycles. The number of benzene rings is 1. The van der Waals surface area contributed by atoms with Crippen LogP contribution in [0.5, 0.6) is 0 Å². The van der Waals surface area contributed by atoms with Crippen LogP contribution in [0.4, 0.5) is 0 Å². The van der Waals surface area contributed by atoms with Crippen molar-refractivity contribution in [2.24, 2.45) is 0 Å². The maximum atomic E-state index is 11.7. The van der Waals surface area contributed by atoms with E-state index in [0.29, 0.717) is 10.7 Å². The average Bonchev–Trinajstić information content (AvgIpc) is 2.41. The third kappa shape index (κ3) is 5.35. The smallest absolute Gasteiger partial charge is 0.257 e. The number of rotatable bonds is 3. The number of hydrogen-bond donors (Lipinski definition) is 4. The second-order valence-corrected chi connectivity index (χ2v) is 4.21. The van der Waals surface area contributed by atoms with Crippen LogP contribution in [0.25, 0.3) is 0 Å². The lowest BCUT2D eigenvalue weighted by molar-refractivity contribution is -0.120. The minimum atomic E-state index is -0.390. The Morgan fingerprint density at radius 2 is 2.00 bits per heavy atom. The zero-order valence-corrected chi connectivity index (χ0v) is 11.6. The quantitative estimate of drug-likeness (QED) is 0.457. The van der Waals surface area contributed by atoms with Gasteiger partial charge >= 0.3 is 0 Å². The first-order chi connectivity index (χ1) is 9.02. The van der Waals surface area contributed by atoms with Crippen LogP contribution < -0.4 is 21.5 Å². The van der Waals surface area contributed by atoms with Gasteiger partial charge in [0, 0.05) is 12.6 Å². The van der Waals surface area contributed by atoms with Crippen LogP contribution in [0.1, 0.15) is 15.9 Å². The maximum Gasteiger partial charge on any atom is 0.257 e. The van der Waals surface area contributed by atoms with Crippen molar-refractivity contribution in [1.82, 2.24) is 21.5 Å². The van der Waals surface area contributed by atoms with Crippen LogP contribution >= 0.6 is 12.2 Å². The van der Waals surface area contributed by atoms with Gasteiger partial charge in [0.25, 0.3) is 11.8 Å². The molecule has 1 aromatic carbocycles. The molecule has 1 rings (SSSR count). The minimum Gasteiger partial charge on any atom is -0.364 e. The Balaban J connectivity index is 2.38. The number of carbonyl (C=O) groups excluding carboxylic acids is 2. The molecule has 0 bridgehead atoms. The van der Waals surface area contributed by atoms with Crippen LogP contribution in [0.2, 0.25) is 0 Å².